The van der Waals surface area contributed by atoms with Crippen LogP contribution >= 0.6 is 11.3 Å². The van der Waals surface area contributed by atoms with Crippen molar-refractivity contribution in [2.45, 2.75) is 81.3 Å². The Balaban J connectivity index is 1.58. The van der Waals surface area contributed by atoms with Gasteiger partial charge < -0.3 is 10.2 Å². The Morgan fingerprint density at radius 2 is 1.86 bits per heavy atom. The summed E-state index contributed by atoms with van der Waals surface area (Å²) in [5.74, 6) is 1.79. The van der Waals surface area contributed by atoms with Gasteiger partial charge in [-0.2, -0.15) is 0 Å². The second-order valence-electron chi connectivity index (χ2n) is 10.6. The standard InChI is InChI=1S/C23H29F2N7O2S2/c1-12-10-31(11-13(2)26-12)17-9-15(36(33,34)30-23(3)6-7-23)8-16-18(21-28-29-22(35-21)19(24)25)27-20(32(16)17)14-4-5-14/h8-9,12-14,19,26,30H,4-7,10-11H2,1-3H3/t12-,13-/m0/s1. The van der Waals surface area contributed by atoms with Gasteiger partial charge in [0, 0.05) is 36.6 Å². The molecule has 0 unspecified atom stereocenters. The lowest BCUT2D eigenvalue weighted by atomic mass is 10.1. The van der Waals surface area contributed by atoms with E-state index >= 15 is 0 Å². The summed E-state index contributed by atoms with van der Waals surface area (Å²) in [7, 11) is -3.82. The summed E-state index contributed by atoms with van der Waals surface area (Å²) in [5.41, 5.74) is 0.511. The van der Waals surface area contributed by atoms with E-state index in [0.29, 0.717) is 24.3 Å². The summed E-state index contributed by atoms with van der Waals surface area (Å²) >= 11 is 0.793. The van der Waals surface area contributed by atoms with Crippen LogP contribution in [0.2, 0.25) is 0 Å². The molecule has 4 heterocycles. The molecule has 3 fully saturated rings. The molecule has 9 nitrogen and oxygen atoms in total. The smallest absolute Gasteiger partial charge is 0.291 e. The zero-order valence-electron chi connectivity index (χ0n) is 20.3. The number of fused-ring (bicyclic) bond motifs is 1. The van der Waals surface area contributed by atoms with Gasteiger partial charge in [-0.25, -0.2) is 26.9 Å². The number of pyridine rings is 1. The van der Waals surface area contributed by atoms with E-state index in [2.05, 4.69) is 39.0 Å². The van der Waals surface area contributed by atoms with Gasteiger partial charge in [0.2, 0.25) is 10.0 Å². The molecule has 2 aliphatic carbocycles. The number of piperazine rings is 1. The highest BCUT2D eigenvalue weighted by Crippen LogP contribution is 2.44. The number of halogens is 2. The summed E-state index contributed by atoms with van der Waals surface area (Å²) in [5, 5.41) is 11.1. The van der Waals surface area contributed by atoms with E-state index in [0.717, 1.165) is 48.7 Å². The summed E-state index contributed by atoms with van der Waals surface area (Å²) in [6.07, 6.45) is 0.806. The highest BCUT2D eigenvalue weighted by atomic mass is 32.2. The average molecular weight is 538 g/mol. The molecular formula is C23H29F2N7O2S2. The maximum absolute atomic E-state index is 13.5. The van der Waals surface area contributed by atoms with Gasteiger partial charge in [0.05, 0.1) is 10.4 Å². The first-order valence-electron chi connectivity index (χ1n) is 12.3. The van der Waals surface area contributed by atoms with Gasteiger partial charge >= 0.3 is 0 Å². The number of nitrogens with one attached hydrogen (secondary N) is 2. The Kier molecular flexibility index (Phi) is 5.63. The Morgan fingerprint density at radius 3 is 2.44 bits per heavy atom. The van der Waals surface area contributed by atoms with Gasteiger partial charge in [-0.05, 0) is 58.6 Å². The molecule has 0 spiro atoms. The fraction of sp³-hybridized carbons (Fsp3) is 0.609. The number of anilines is 1. The third kappa shape index (κ3) is 4.39. The lowest BCUT2D eigenvalue weighted by Gasteiger charge is -2.38. The number of rotatable bonds is 7. The van der Waals surface area contributed by atoms with Crippen molar-refractivity contribution in [2.75, 3.05) is 18.0 Å². The topological polar surface area (TPSA) is 105 Å². The number of alkyl halides is 2. The van der Waals surface area contributed by atoms with Crippen molar-refractivity contribution in [3.63, 3.8) is 0 Å². The molecule has 0 amide bonds. The van der Waals surface area contributed by atoms with Crippen LogP contribution < -0.4 is 14.9 Å². The fourth-order valence-corrected chi connectivity index (χ4v) is 7.15. The van der Waals surface area contributed by atoms with Crippen LogP contribution in [-0.4, -0.2) is 58.7 Å². The molecule has 1 saturated heterocycles. The largest absolute Gasteiger partial charge is 0.355 e. The SMILES string of the molecule is C[C@H]1CN(c2cc(S(=O)(=O)NC3(C)CC3)cc3c(-c4nnc(C(F)F)s4)nc(C4CC4)n23)C[C@H](C)N1. The van der Waals surface area contributed by atoms with E-state index in [1.165, 1.54) is 0 Å². The van der Waals surface area contributed by atoms with Crippen LogP contribution in [0.1, 0.15) is 69.6 Å². The van der Waals surface area contributed by atoms with E-state index in [-0.39, 0.29) is 32.9 Å². The molecule has 2 atom stereocenters. The third-order valence-electron chi connectivity index (χ3n) is 7.06. The van der Waals surface area contributed by atoms with Gasteiger partial charge in [0.15, 0.2) is 10.0 Å². The molecule has 3 aromatic rings. The lowest BCUT2D eigenvalue weighted by molar-refractivity contribution is 0.150. The fourth-order valence-electron chi connectivity index (χ4n) is 4.96. The molecule has 0 bridgehead atoms. The monoisotopic (exact) mass is 537 g/mol. The number of hydrogen-bond acceptors (Lipinski definition) is 8. The first-order chi connectivity index (χ1) is 17.0. The minimum Gasteiger partial charge on any atom is -0.355 e. The number of sulfonamides is 1. The van der Waals surface area contributed by atoms with Crippen molar-refractivity contribution in [2.24, 2.45) is 0 Å². The Hall–Kier alpha value is -2.22. The molecule has 13 heteroatoms. The third-order valence-corrected chi connectivity index (χ3v) is 9.62. The van der Waals surface area contributed by atoms with Crippen LogP contribution in [0.25, 0.3) is 16.2 Å². The van der Waals surface area contributed by atoms with Crippen molar-refractivity contribution in [3.05, 3.63) is 23.0 Å². The minimum absolute atomic E-state index is 0.138. The minimum atomic E-state index is -3.82. The molecule has 2 N–H and O–H groups in total. The first kappa shape index (κ1) is 24.1. The highest BCUT2D eigenvalue weighted by molar-refractivity contribution is 7.89. The Bertz CT molecular complexity index is 1420. The Labute approximate surface area is 212 Å². The summed E-state index contributed by atoms with van der Waals surface area (Å²) < 4.78 is 58.4. The van der Waals surface area contributed by atoms with Gasteiger partial charge in [-0.3, -0.25) is 4.40 Å². The van der Waals surface area contributed by atoms with Crippen molar-refractivity contribution >= 4 is 32.7 Å². The number of nitrogens with zero attached hydrogens (tertiary/aromatic N) is 5. The van der Waals surface area contributed by atoms with E-state index in [4.69, 9.17) is 4.98 Å². The predicted molar refractivity (Wildman–Crippen MR) is 133 cm³/mol. The van der Waals surface area contributed by atoms with Crippen molar-refractivity contribution < 1.29 is 17.2 Å². The maximum atomic E-state index is 13.5. The van der Waals surface area contributed by atoms with Gasteiger partial charge in [0.25, 0.3) is 6.43 Å². The van der Waals surface area contributed by atoms with Crippen LogP contribution in [0.4, 0.5) is 14.6 Å². The number of imidazole rings is 1. The van der Waals surface area contributed by atoms with Crippen molar-refractivity contribution in [1.29, 1.82) is 0 Å². The summed E-state index contributed by atoms with van der Waals surface area (Å²) in [6, 6.07) is 3.74. The second-order valence-corrected chi connectivity index (χ2v) is 13.3. The highest BCUT2D eigenvalue weighted by Gasteiger charge is 2.42. The number of aromatic nitrogens is 4. The molecule has 2 saturated carbocycles. The molecule has 1 aliphatic heterocycles. The lowest BCUT2D eigenvalue weighted by Crippen LogP contribution is -2.54. The number of hydrogen-bond donors (Lipinski definition) is 2. The van der Waals surface area contributed by atoms with E-state index in [1.807, 2.05) is 11.3 Å². The normalized spacial score (nSPS) is 24.1. The van der Waals surface area contributed by atoms with Crippen LogP contribution in [-0.2, 0) is 10.0 Å². The molecule has 6 rings (SSSR count). The zero-order valence-corrected chi connectivity index (χ0v) is 22.0. The molecule has 0 radical (unpaired) electrons. The maximum Gasteiger partial charge on any atom is 0.291 e. The van der Waals surface area contributed by atoms with Crippen LogP contribution in [0.5, 0.6) is 0 Å². The molecule has 194 valence electrons. The van der Waals surface area contributed by atoms with Gasteiger partial charge in [-0.15, -0.1) is 10.2 Å². The summed E-state index contributed by atoms with van der Waals surface area (Å²) in [6.45, 7) is 7.49. The second kappa shape index (κ2) is 8.40. The zero-order chi connectivity index (χ0) is 25.4. The van der Waals surface area contributed by atoms with Gasteiger partial charge in [0.1, 0.15) is 17.3 Å². The van der Waals surface area contributed by atoms with Crippen molar-refractivity contribution in [3.8, 4) is 10.7 Å². The van der Waals surface area contributed by atoms with Gasteiger partial charge in [-0.1, -0.05) is 11.3 Å². The van der Waals surface area contributed by atoms with Crippen LogP contribution in [0.15, 0.2) is 17.0 Å². The van der Waals surface area contributed by atoms with Crippen LogP contribution in [0.3, 0.4) is 0 Å². The van der Waals surface area contributed by atoms with E-state index < -0.39 is 22.0 Å². The summed E-state index contributed by atoms with van der Waals surface area (Å²) in [4.78, 5) is 7.20. The molecule has 0 aromatic carbocycles. The molecule has 3 aromatic heterocycles. The van der Waals surface area contributed by atoms with Crippen molar-refractivity contribution in [1.82, 2.24) is 29.6 Å². The van der Waals surface area contributed by atoms with E-state index in [1.54, 1.807) is 12.1 Å². The Morgan fingerprint density at radius 1 is 1.17 bits per heavy atom. The molecule has 36 heavy (non-hydrogen) atoms. The molecular weight excluding hydrogens is 508 g/mol. The first-order valence-corrected chi connectivity index (χ1v) is 14.6. The van der Waals surface area contributed by atoms with E-state index in [9.17, 15) is 17.2 Å². The van der Waals surface area contributed by atoms with Crippen LogP contribution in [0, 0.1) is 0 Å². The molecule has 3 aliphatic rings. The average Bonchev–Trinajstić information content (AvgIpc) is 3.67. The predicted octanol–water partition coefficient (Wildman–Crippen LogP) is 3.69. The quantitative estimate of drug-likeness (QED) is 0.474.